The van der Waals surface area contributed by atoms with Crippen LogP contribution in [0.1, 0.15) is 183 Å². The van der Waals surface area contributed by atoms with Crippen LogP contribution in [0.5, 0.6) is 0 Å². The van der Waals surface area contributed by atoms with Crippen LogP contribution in [0, 0.1) is 5.92 Å². The normalized spacial score (nSPS) is 18.9. The number of ether oxygens (including phenoxy) is 1. The average molecular weight is 749 g/mol. The van der Waals surface area contributed by atoms with Gasteiger partial charge in [0.15, 0.2) is 0 Å². The van der Waals surface area contributed by atoms with Crippen molar-refractivity contribution >= 4 is 6.08 Å². The maximum atomic E-state index is 5.96. The first-order valence-corrected chi connectivity index (χ1v) is 21.9. The van der Waals surface area contributed by atoms with E-state index in [9.17, 15) is 0 Å². The number of benzene rings is 4. The van der Waals surface area contributed by atoms with Gasteiger partial charge < -0.3 is 4.74 Å². The molecule has 2 unspecified atom stereocenters. The SMILES string of the molecule is CC1=Cc2cc3c(c(-c4cc(C(C)(C)C)cc(C(C)(C)C)c4)c2C1)CCC3.COC1c2cc3c(c(-c4cc(C(C)(C)C)cc(C(C)(C)C)c4)c2CC1C)CCC3. The zero-order valence-corrected chi connectivity index (χ0v) is 37.9. The summed E-state index contributed by atoms with van der Waals surface area (Å²) in [6.07, 6.45) is 12.4. The Morgan fingerprint density at radius 3 is 1.38 bits per heavy atom. The molecule has 0 saturated heterocycles. The molecule has 1 heteroatoms. The van der Waals surface area contributed by atoms with Gasteiger partial charge in [-0.2, -0.15) is 0 Å². The average Bonchev–Trinajstić information content (AvgIpc) is 3.89. The number of hydrogen-bond acceptors (Lipinski definition) is 1. The molecule has 0 amide bonds. The van der Waals surface area contributed by atoms with Crippen LogP contribution >= 0.6 is 0 Å². The van der Waals surface area contributed by atoms with Crippen molar-refractivity contribution in [3.63, 3.8) is 0 Å². The number of fused-ring (bicyclic) bond motifs is 4. The molecule has 0 spiro atoms. The van der Waals surface area contributed by atoms with Gasteiger partial charge in [-0.05, 0) is 175 Å². The molecule has 4 aliphatic carbocycles. The molecule has 0 heterocycles. The van der Waals surface area contributed by atoms with E-state index in [1.807, 2.05) is 7.11 Å². The van der Waals surface area contributed by atoms with Crippen molar-refractivity contribution in [1.82, 2.24) is 0 Å². The van der Waals surface area contributed by atoms with Crippen LogP contribution < -0.4 is 0 Å². The third kappa shape index (κ3) is 7.76. The van der Waals surface area contributed by atoms with E-state index in [0.29, 0.717) is 5.92 Å². The molecule has 4 aromatic rings. The summed E-state index contributed by atoms with van der Waals surface area (Å²) in [5, 5.41) is 0. The van der Waals surface area contributed by atoms with Crippen molar-refractivity contribution in [2.75, 3.05) is 7.11 Å². The Balaban J connectivity index is 0.000000172. The zero-order valence-electron chi connectivity index (χ0n) is 37.9. The first-order valence-electron chi connectivity index (χ1n) is 21.9. The summed E-state index contributed by atoms with van der Waals surface area (Å²) in [6, 6.07) is 19.8. The van der Waals surface area contributed by atoms with Gasteiger partial charge >= 0.3 is 0 Å². The van der Waals surface area contributed by atoms with Gasteiger partial charge in [0.05, 0.1) is 6.10 Å². The lowest BCUT2D eigenvalue weighted by Gasteiger charge is -2.27. The number of hydrogen-bond donors (Lipinski definition) is 0. The van der Waals surface area contributed by atoms with Gasteiger partial charge in [0, 0.05) is 7.11 Å². The minimum absolute atomic E-state index is 0.138. The summed E-state index contributed by atoms with van der Waals surface area (Å²) in [6.45, 7) is 32.7. The van der Waals surface area contributed by atoms with E-state index < -0.39 is 0 Å². The molecule has 298 valence electrons. The number of aryl methyl sites for hydroxylation is 2. The standard InChI is InChI=1S/C28H38O.C27H34/c1-17-12-23-24(26(17)29-8)15-18-10-9-11-22(18)25(23)19-13-20(27(2,3)4)16-21(14-19)28(5,6)7;1-17-11-19-13-18-9-8-10-23(18)25(24(19)12-17)20-14-21(26(2,3)4)16-22(15-20)27(5,6)7/h13-17,26H,9-12H2,1-8H3;11,13-16H,8-10,12H2,1-7H3. The molecule has 0 aliphatic heterocycles. The number of allylic oxidation sites excluding steroid dienone is 1. The van der Waals surface area contributed by atoms with E-state index in [1.165, 1.54) is 94.2 Å². The third-order valence-electron chi connectivity index (χ3n) is 13.5. The van der Waals surface area contributed by atoms with Gasteiger partial charge in [0.25, 0.3) is 0 Å². The van der Waals surface area contributed by atoms with Gasteiger partial charge in [-0.25, -0.2) is 0 Å². The molecule has 0 N–H and O–H groups in total. The minimum atomic E-state index is 0.138. The summed E-state index contributed by atoms with van der Waals surface area (Å²) < 4.78 is 5.96. The van der Waals surface area contributed by atoms with Gasteiger partial charge in [0.2, 0.25) is 0 Å². The summed E-state index contributed by atoms with van der Waals surface area (Å²) in [5.41, 5.74) is 26.3. The van der Waals surface area contributed by atoms with Crippen molar-refractivity contribution < 1.29 is 4.74 Å². The Bertz CT molecular complexity index is 2130. The Morgan fingerprint density at radius 2 is 0.946 bits per heavy atom. The quantitative estimate of drug-likeness (QED) is 0.203. The highest BCUT2D eigenvalue weighted by Gasteiger charge is 2.35. The summed E-state index contributed by atoms with van der Waals surface area (Å²) in [5.74, 6) is 0.546. The second-order valence-corrected chi connectivity index (χ2v) is 22.2. The molecule has 0 fully saturated rings. The molecule has 4 aliphatic rings. The fourth-order valence-electron chi connectivity index (χ4n) is 10.1. The highest BCUT2D eigenvalue weighted by atomic mass is 16.5. The van der Waals surface area contributed by atoms with Crippen LogP contribution in [-0.2, 0) is 64.9 Å². The van der Waals surface area contributed by atoms with Gasteiger partial charge in [-0.3, -0.25) is 0 Å². The van der Waals surface area contributed by atoms with Crippen molar-refractivity contribution in [2.45, 2.75) is 176 Å². The van der Waals surface area contributed by atoms with Crippen LogP contribution in [0.25, 0.3) is 28.3 Å². The number of rotatable bonds is 3. The first kappa shape index (κ1) is 40.8. The van der Waals surface area contributed by atoms with Crippen molar-refractivity contribution in [1.29, 1.82) is 0 Å². The van der Waals surface area contributed by atoms with Gasteiger partial charge in [-0.15, -0.1) is 0 Å². The molecule has 1 nitrogen and oxygen atoms in total. The third-order valence-corrected chi connectivity index (χ3v) is 13.5. The molecule has 56 heavy (non-hydrogen) atoms. The van der Waals surface area contributed by atoms with Crippen LogP contribution in [0.15, 0.2) is 54.1 Å². The summed E-state index contributed by atoms with van der Waals surface area (Å²) in [7, 11) is 1.88. The molecule has 4 aromatic carbocycles. The molecule has 2 atom stereocenters. The van der Waals surface area contributed by atoms with Crippen molar-refractivity contribution in [2.24, 2.45) is 5.92 Å². The monoisotopic (exact) mass is 749 g/mol. The van der Waals surface area contributed by atoms with Crippen LogP contribution in [0.3, 0.4) is 0 Å². The maximum Gasteiger partial charge on any atom is 0.0852 e. The largest absolute Gasteiger partial charge is 0.376 e. The van der Waals surface area contributed by atoms with Gasteiger partial charge in [-0.1, -0.05) is 150 Å². The van der Waals surface area contributed by atoms with Crippen LogP contribution in [0.2, 0.25) is 0 Å². The highest BCUT2D eigenvalue weighted by molar-refractivity contribution is 5.82. The fraction of sp³-hybridized carbons (Fsp3) is 0.527. The van der Waals surface area contributed by atoms with Gasteiger partial charge in [0.1, 0.15) is 0 Å². The lowest BCUT2D eigenvalue weighted by atomic mass is 9.77. The van der Waals surface area contributed by atoms with E-state index in [2.05, 4.69) is 152 Å². The predicted molar refractivity (Wildman–Crippen MR) is 243 cm³/mol. The predicted octanol–water partition coefficient (Wildman–Crippen LogP) is 14.7. The lowest BCUT2D eigenvalue weighted by molar-refractivity contribution is 0.0695. The highest BCUT2D eigenvalue weighted by Crippen LogP contribution is 2.49. The number of methoxy groups -OCH3 is 1. The molecule has 8 rings (SSSR count). The molecular formula is C55H72O. The molecule has 0 bridgehead atoms. The smallest absolute Gasteiger partial charge is 0.0852 e. The van der Waals surface area contributed by atoms with Crippen molar-refractivity contribution in [3.05, 3.63) is 121 Å². The first-order chi connectivity index (χ1) is 26.0. The Hall–Kier alpha value is -3.42. The Labute approximate surface area is 341 Å². The molecular weight excluding hydrogens is 677 g/mol. The van der Waals surface area contributed by atoms with E-state index in [0.717, 1.165) is 12.8 Å². The van der Waals surface area contributed by atoms with Crippen molar-refractivity contribution in [3.8, 4) is 22.3 Å². The van der Waals surface area contributed by atoms with Crippen LogP contribution in [0.4, 0.5) is 0 Å². The summed E-state index contributed by atoms with van der Waals surface area (Å²) >= 11 is 0. The summed E-state index contributed by atoms with van der Waals surface area (Å²) in [4.78, 5) is 0. The molecule has 0 radical (unpaired) electrons. The Kier molecular flexibility index (Phi) is 10.5. The maximum absolute atomic E-state index is 5.96. The minimum Gasteiger partial charge on any atom is -0.376 e. The van der Waals surface area contributed by atoms with E-state index in [4.69, 9.17) is 4.74 Å². The second-order valence-electron chi connectivity index (χ2n) is 22.2. The topological polar surface area (TPSA) is 9.23 Å². The van der Waals surface area contributed by atoms with E-state index in [1.54, 1.807) is 38.9 Å². The second kappa shape index (κ2) is 14.4. The Morgan fingerprint density at radius 1 is 0.518 bits per heavy atom. The zero-order chi connectivity index (χ0) is 40.7. The molecule has 0 aromatic heterocycles. The van der Waals surface area contributed by atoms with E-state index in [-0.39, 0.29) is 27.8 Å². The molecule has 0 saturated carbocycles. The van der Waals surface area contributed by atoms with E-state index >= 15 is 0 Å². The lowest BCUT2D eigenvalue weighted by Crippen LogP contribution is -2.16. The fourth-order valence-corrected chi connectivity index (χ4v) is 10.1. The van der Waals surface area contributed by atoms with Crippen LogP contribution in [-0.4, -0.2) is 7.11 Å².